The molecule has 1 amide bonds. The Balaban J connectivity index is 2.55. The summed E-state index contributed by atoms with van der Waals surface area (Å²) < 4.78 is 0. The van der Waals surface area contributed by atoms with Crippen LogP contribution < -0.4 is 5.32 Å². The molecule has 1 aromatic carbocycles. The van der Waals surface area contributed by atoms with Crippen LogP contribution >= 0.6 is 11.6 Å². The standard InChI is InChI=1S/C13H18ClNO2/c1-9(2)12(8-14)15-13(17)7-10-4-3-5-11(16)6-10/h3-6,9,12,16H,7-8H2,1-2H3,(H,15,17). The minimum Gasteiger partial charge on any atom is -0.508 e. The highest BCUT2D eigenvalue weighted by Gasteiger charge is 2.15. The molecular formula is C13H18ClNO2. The number of phenolic OH excluding ortho intramolecular Hbond substituents is 1. The Hall–Kier alpha value is -1.22. The summed E-state index contributed by atoms with van der Waals surface area (Å²) in [6.07, 6.45) is 0.258. The van der Waals surface area contributed by atoms with Crippen molar-refractivity contribution in [3.05, 3.63) is 29.8 Å². The van der Waals surface area contributed by atoms with E-state index in [1.165, 1.54) is 0 Å². The molecule has 0 aromatic heterocycles. The number of carbonyl (C=O) groups excluding carboxylic acids is 1. The molecular weight excluding hydrogens is 238 g/mol. The predicted octanol–water partition coefficient (Wildman–Crippen LogP) is 2.31. The van der Waals surface area contributed by atoms with Gasteiger partial charge in [-0.2, -0.15) is 0 Å². The minimum atomic E-state index is -0.0741. The Kier molecular flexibility index (Phi) is 5.29. The van der Waals surface area contributed by atoms with Crippen molar-refractivity contribution < 1.29 is 9.90 Å². The summed E-state index contributed by atoms with van der Waals surface area (Å²) in [4.78, 5) is 11.7. The van der Waals surface area contributed by atoms with Crippen molar-refractivity contribution in [3.63, 3.8) is 0 Å². The summed E-state index contributed by atoms with van der Waals surface area (Å²) in [6.45, 7) is 4.03. The fraction of sp³-hybridized carbons (Fsp3) is 0.462. The van der Waals surface area contributed by atoms with Crippen LogP contribution in [-0.4, -0.2) is 22.9 Å². The number of benzene rings is 1. The van der Waals surface area contributed by atoms with E-state index >= 15 is 0 Å². The summed E-state index contributed by atoms with van der Waals surface area (Å²) in [7, 11) is 0. The quantitative estimate of drug-likeness (QED) is 0.794. The van der Waals surface area contributed by atoms with Gasteiger partial charge in [-0.05, 0) is 23.6 Å². The lowest BCUT2D eigenvalue weighted by Gasteiger charge is -2.19. The Bertz CT molecular complexity index is 379. The van der Waals surface area contributed by atoms with E-state index in [0.717, 1.165) is 5.56 Å². The predicted molar refractivity (Wildman–Crippen MR) is 69.3 cm³/mol. The highest BCUT2D eigenvalue weighted by molar-refractivity contribution is 6.18. The third kappa shape index (κ3) is 4.65. The van der Waals surface area contributed by atoms with Crippen molar-refractivity contribution in [2.75, 3.05) is 5.88 Å². The molecule has 0 aliphatic carbocycles. The molecule has 0 aliphatic heterocycles. The number of rotatable bonds is 5. The van der Waals surface area contributed by atoms with Crippen molar-refractivity contribution in [1.29, 1.82) is 0 Å². The van der Waals surface area contributed by atoms with Gasteiger partial charge < -0.3 is 10.4 Å². The second-order valence-electron chi connectivity index (χ2n) is 4.42. The molecule has 1 unspecified atom stereocenters. The van der Waals surface area contributed by atoms with Crippen LogP contribution in [0.3, 0.4) is 0 Å². The fourth-order valence-electron chi connectivity index (χ4n) is 1.49. The van der Waals surface area contributed by atoms with E-state index in [-0.39, 0.29) is 24.1 Å². The van der Waals surface area contributed by atoms with Gasteiger partial charge in [0.15, 0.2) is 0 Å². The van der Waals surface area contributed by atoms with Crippen molar-refractivity contribution in [2.24, 2.45) is 5.92 Å². The van der Waals surface area contributed by atoms with Gasteiger partial charge in [0.1, 0.15) is 5.75 Å². The molecule has 1 atom stereocenters. The Morgan fingerprint density at radius 2 is 2.18 bits per heavy atom. The molecule has 0 bridgehead atoms. The van der Waals surface area contributed by atoms with Gasteiger partial charge in [-0.1, -0.05) is 26.0 Å². The highest BCUT2D eigenvalue weighted by atomic mass is 35.5. The third-order valence-corrected chi connectivity index (χ3v) is 2.93. The van der Waals surface area contributed by atoms with Crippen LogP contribution in [0.2, 0.25) is 0 Å². The maximum Gasteiger partial charge on any atom is 0.224 e. The molecule has 3 nitrogen and oxygen atoms in total. The van der Waals surface area contributed by atoms with E-state index in [0.29, 0.717) is 11.8 Å². The number of aromatic hydroxyl groups is 1. The van der Waals surface area contributed by atoms with Crippen molar-refractivity contribution in [1.82, 2.24) is 5.32 Å². The molecule has 0 heterocycles. The first-order chi connectivity index (χ1) is 8.02. The second kappa shape index (κ2) is 6.50. The SMILES string of the molecule is CC(C)C(CCl)NC(=O)Cc1cccc(O)c1. The normalized spacial score (nSPS) is 12.5. The number of halogens is 1. The molecule has 17 heavy (non-hydrogen) atoms. The number of carbonyl (C=O) groups is 1. The third-order valence-electron chi connectivity index (χ3n) is 2.59. The average molecular weight is 256 g/mol. The number of amides is 1. The number of hydrogen-bond donors (Lipinski definition) is 2. The number of hydrogen-bond acceptors (Lipinski definition) is 2. The molecule has 0 aliphatic rings. The van der Waals surface area contributed by atoms with E-state index < -0.39 is 0 Å². The van der Waals surface area contributed by atoms with Crippen LogP contribution in [0.15, 0.2) is 24.3 Å². The van der Waals surface area contributed by atoms with Crippen LogP contribution in [0.5, 0.6) is 5.75 Å². The van der Waals surface area contributed by atoms with E-state index in [2.05, 4.69) is 5.32 Å². The van der Waals surface area contributed by atoms with Gasteiger partial charge in [0.05, 0.1) is 6.42 Å². The van der Waals surface area contributed by atoms with Gasteiger partial charge in [0, 0.05) is 11.9 Å². The monoisotopic (exact) mass is 255 g/mol. The topological polar surface area (TPSA) is 49.3 Å². The van der Waals surface area contributed by atoms with Gasteiger partial charge in [0.25, 0.3) is 0 Å². The number of alkyl halides is 1. The maximum absolute atomic E-state index is 11.7. The summed E-state index contributed by atoms with van der Waals surface area (Å²) in [5.41, 5.74) is 0.791. The van der Waals surface area contributed by atoms with Crippen LogP contribution in [-0.2, 0) is 11.2 Å². The Morgan fingerprint density at radius 1 is 1.47 bits per heavy atom. The summed E-state index contributed by atoms with van der Waals surface area (Å²) in [5.74, 6) is 0.812. The lowest BCUT2D eigenvalue weighted by atomic mass is 10.1. The summed E-state index contributed by atoms with van der Waals surface area (Å²) in [5, 5.41) is 12.2. The Labute approximate surface area is 107 Å². The first-order valence-electron chi connectivity index (χ1n) is 5.66. The summed E-state index contributed by atoms with van der Waals surface area (Å²) in [6, 6.07) is 6.69. The number of phenols is 1. The molecule has 2 N–H and O–H groups in total. The van der Waals surface area contributed by atoms with Crippen molar-refractivity contribution in [3.8, 4) is 5.75 Å². The molecule has 0 spiro atoms. The molecule has 94 valence electrons. The zero-order valence-electron chi connectivity index (χ0n) is 10.1. The molecule has 0 saturated carbocycles. The van der Waals surface area contributed by atoms with Crippen LogP contribution in [0, 0.1) is 5.92 Å². The first-order valence-corrected chi connectivity index (χ1v) is 6.19. The van der Waals surface area contributed by atoms with Crippen molar-refractivity contribution in [2.45, 2.75) is 26.3 Å². The highest BCUT2D eigenvalue weighted by Crippen LogP contribution is 2.11. The first kappa shape index (κ1) is 13.8. The minimum absolute atomic E-state index is 0.0125. The van der Waals surface area contributed by atoms with E-state index in [1.807, 2.05) is 19.9 Å². The Morgan fingerprint density at radius 3 is 2.71 bits per heavy atom. The van der Waals surface area contributed by atoms with Crippen LogP contribution in [0.25, 0.3) is 0 Å². The molecule has 0 saturated heterocycles. The zero-order valence-corrected chi connectivity index (χ0v) is 10.9. The largest absolute Gasteiger partial charge is 0.508 e. The number of nitrogens with one attached hydrogen (secondary N) is 1. The zero-order chi connectivity index (χ0) is 12.8. The van der Waals surface area contributed by atoms with Gasteiger partial charge in [-0.15, -0.1) is 11.6 Å². The van der Waals surface area contributed by atoms with Gasteiger partial charge >= 0.3 is 0 Å². The van der Waals surface area contributed by atoms with E-state index in [1.54, 1.807) is 18.2 Å². The van der Waals surface area contributed by atoms with E-state index in [4.69, 9.17) is 11.6 Å². The molecule has 0 radical (unpaired) electrons. The average Bonchev–Trinajstić information content (AvgIpc) is 2.25. The molecule has 1 aromatic rings. The molecule has 1 rings (SSSR count). The fourth-order valence-corrected chi connectivity index (χ4v) is 1.93. The second-order valence-corrected chi connectivity index (χ2v) is 4.73. The smallest absolute Gasteiger partial charge is 0.224 e. The lowest BCUT2D eigenvalue weighted by molar-refractivity contribution is -0.121. The van der Waals surface area contributed by atoms with Crippen LogP contribution in [0.4, 0.5) is 0 Å². The van der Waals surface area contributed by atoms with Gasteiger partial charge in [0.2, 0.25) is 5.91 Å². The van der Waals surface area contributed by atoms with Gasteiger partial charge in [-0.3, -0.25) is 4.79 Å². The van der Waals surface area contributed by atoms with Crippen molar-refractivity contribution >= 4 is 17.5 Å². The molecule has 0 fully saturated rings. The maximum atomic E-state index is 11.7. The van der Waals surface area contributed by atoms with Gasteiger partial charge in [-0.25, -0.2) is 0 Å². The molecule has 4 heteroatoms. The lowest BCUT2D eigenvalue weighted by Crippen LogP contribution is -2.40. The van der Waals surface area contributed by atoms with E-state index in [9.17, 15) is 9.90 Å². The summed E-state index contributed by atoms with van der Waals surface area (Å²) >= 11 is 5.78. The van der Waals surface area contributed by atoms with Crippen LogP contribution in [0.1, 0.15) is 19.4 Å².